The van der Waals surface area contributed by atoms with Crippen LogP contribution >= 0.6 is 0 Å². The Labute approximate surface area is 173 Å². The van der Waals surface area contributed by atoms with Crippen LogP contribution in [-0.4, -0.2) is 46.6 Å². The van der Waals surface area contributed by atoms with Crippen LogP contribution in [0.25, 0.3) is 0 Å². The van der Waals surface area contributed by atoms with E-state index < -0.39 is 11.5 Å². The lowest BCUT2D eigenvalue weighted by atomic mass is 9.43. The van der Waals surface area contributed by atoms with E-state index in [0.717, 1.165) is 32.1 Å². The van der Waals surface area contributed by atoms with Crippen LogP contribution in [0.5, 0.6) is 0 Å². The lowest BCUT2D eigenvalue weighted by Crippen LogP contribution is -2.63. The molecule has 0 amide bonds. The van der Waals surface area contributed by atoms with Gasteiger partial charge in [-0.25, -0.2) is 0 Å². The van der Waals surface area contributed by atoms with Crippen LogP contribution in [0.4, 0.5) is 0 Å². The fourth-order valence-electron chi connectivity index (χ4n) is 7.82. The zero-order valence-electron chi connectivity index (χ0n) is 18.1. The summed E-state index contributed by atoms with van der Waals surface area (Å²) >= 11 is 0. The molecule has 0 heterocycles. The molecule has 0 bridgehead atoms. The summed E-state index contributed by atoms with van der Waals surface area (Å²) in [6.45, 7) is 7.29. The molecule has 0 spiro atoms. The van der Waals surface area contributed by atoms with Gasteiger partial charge in [-0.2, -0.15) is 0 Å². The molecule has 0 aliphatic heterocycles. The lowest BCUT2D eigenvalue weighted by molar-refractivity contribution is -0.225. The minimum absolute atomic E-state index is 0.0216. The van der Waals surface area contributed by atoms with E-state index in [1.807, 2.05) is 0 Å². The SMILES string of the molecule is CC(=O)OC1CC2CC(O)CC[C@]2(C)[C@H]2CC(OC(C)=O)[C@]3(C)C(O)CC[C@H]3[C@H]12. The molecular formula is C23H36O6. The number of rotatable bonds is 2. The van der Waals surface area contributed by atoms with Crippen molar-refractivity contribution in [1.82, 2.24) is 0 Å². The molecule has 0 saturated heterocycles. The standard InChI is InChI=1S/C23H36O6/c1-12(24)28-18-10-14-9-15(26)7-8-22(14,3)17-11-20(29-13(2)25)23(4)16(21(17)18)5-6-19(23)27/h14-21,26-27H,5-11H2,1-4H3/t14?,15?,16-,17-,18?,19?,20?,21-,22-,23-/m0/s1. The lowest BCUT2D eigenvalue weighted by Gasteiger charge is -2.63. The van der Waals surface area contributed by atoms with Gasteiger partial charge in [0.1, 0.15) is 12.2 Å². The van der Waals surface area contributed by atoms with Gasteiger partial charge in [0.25, 0.3) is 0 Å². The summed E-state index contributed by atoms with van der Waals surface area (Å²) < 4.78 is 11.7. The van der Waals surface area contributed by atoms with Gasteiger partial charge in [-0.1, -0.05) is 13.8 Å². The van der Waals surface area contributed by atoms with Gasteiger partial charge in [0, 0.05) is 25.2 Å². The molecule has 0 aromatic carbocycles. The highest BCUT2D eigenvalue weighted by molar-refractivity contribution is 5.66. The molecule has 4 aliphatic rings. The van der Waals surface area contributed by atoms with Crippen molar-refractivity contribution in [3.8, 4) is 0 Å². The number of hydrogen-bond acceptors (Lipinski definition) is 6. The second kappa shape index (κ2) is 7.23. The van der Waals surface area contributed by atoms with Gasteiger partial charge in [0.05, 0.1) is 12.2 Å². The highest BCUT2D eigenvalue weighted by atomic mass is 16.5. The van der Waals surface area contributed by atoms with Gasteiger partial charge in [0.15, 0.2) is 0 Å². The summed E-state index contributed by atoms with van der Waals surface area (Å²) in [5.41, 5.74) is -0.490. The predicted molar refractivity (Wildman–Crippen MR) is 106 cm³/mol. The van der Waals surface area contributed by atoms with Gasteiger partial charge in [-0.15, -0.1) is 0 Å². The first-order valence-electron chi connectivity index (χ1n) is 11.3. The summed E-state index contributed by atoms with van der Waals surface area (Å²) in [5.74, 6) is 0.256. The maximum absolute atomic E-state index is 11.9. The van der Waals surface area contributed by atoms with Gasteiger partial charge in [-0.05, 0) is 68.1 Å². The monoisotopic (exact) mass is 408 g/mol. The Hall–Kier alpha value is -1.14. The first-order valence-corrected chi connectivity index (χ1v) is 11.3. The molecular weight excluding hydrogens is 372 g/mol. The summed E-state index contributed by atoms with van der Waals surface area (Å²) in [4.78, 5) is 23.9. The van der Waals surface area contributed by atoms with E-state index >= 15 is 0 Å². The summed E-state index contributed by atoms with van der Waals surface area (Å²) in [6.07, 6.45) is 4.13. The predicted octanol–water partition coefficient (Wildman–Crippen LogP) is 2.83. The van der Waals surface area contributed by atoms with Crippen molar-refractivity contribution >= 4 is 11.9 Å². The van der Waals surface area contributed by atoms with Crippen molar-refractivity contribution in [3.63, 3.8) is 0 Å². The zero-order valence-corrected chi connectivity index (χ0v) is 18.1. The third kappa shape index (κ3) is 3.21. The van der Waals surface area contributed by atoms with E-state index in [1.165, 1.54) is 13.8 Å². The van der Waals surface area contributed by atoms with E-state index in [2.05, 4.69) is 13.8 Å². The molecule has 5 unspecified atom stereocenters. The summed E-state index contributed by atoms with van der Waals surface area (Å²) in [6, 6.07) is 0. The van der Waals surface area contributed by atoms with Crippen molar-refractivity contribution in [2.75, 3.05) is 0 Å². The number of ether oxygens (including phenoxy) is 2. The Bertz CT molecular complexity index is 678. The smallest absolute Gasteiger partial charge is 0.302 e. The van der Waals surface area contributed by atoms with Crippen molar-refractivity contribution < 1.29 is 29.3 Å². The normalized spacial score (nSPS) is 51.4. The molecule has 29 heavy (non-hydrogen) atoms. The van der Waals surface area contributed by atoms with E-state index in [9.17, 15) is 19.8 Å². The van der Waals surface area contributed by atoms with Gasteiger partial charge >= 0.3 is 11.9 Å². The second-order valence-electron chi connectivity index (χ2n) is 10.6. The highest BCUT2D eigenvalue weighted by Gasteiger charge is 2.67. The summed E-state index contributed by atoms with van der Waals surface area (Å²) in [7, 11) is 0. The maximum atomic E-state index is 11.9. The molecule has 4 aliphatic carbocycles. The van der Waals surface area contributed by atoms with Crippen LogP contribution in [0.2, 0.25) is 0 Å². The molecule has 6 heteroatoms. The Morgan fingerprint density at radius 2 is 1.59 bits per heavy atom. The van der Waals surface area contributed by atoms with E-state index in [1.54, 1.807) is 0 Å². The second-order valence-corrected chi connectivity index (χ2v) is 10.6. The third-order valence-electron chi connectivity index (χ3n) is 9.28. The van der Waals surface area contributed by atoms with Crippen LogP contribution in [-0.2, 0) is 19.1 Å². The zero-order chi connectivity index (χ0) is 21.1. The Morgan fingerprint density at radius 3 is 2.24 bits per heavy atom. The van der Waals surface area contributed by atoms with Crippen molar-refractivity contribution in [3.05, 3.63) is 0 Å². The fraction of sp³-hybridized carbons (Fsp3) is 0.913. The van der Waals surface area contributed by atoms with Crippen molar-refractivity contribution in [2.45, 2.75) is 97.1 Å². The quantitative estimate of drug-likeness (QED) is 0.683. The Kier molecular flexibility index (Phi) is 5.26. The van der Waals surface area contributed by atoms with E-state index in [0.29, 0.717) is 12.8 Å². The topological polar surface area (TPSA) is 93.1 Å². The van der Waals surface area contributed by atoms with Gasteiger partial charge in [-0.3, -0.25) is 9.59 Å². The van der Waals surface area contributed by atoms with Crippen LogP contribution in [0, 0.1) is 34.5 Å². The molecule has 4 fully saturated rings. The molecule has 4 rings (SSSR count). The number of aliphatic hydroxyl groups excluding tert-OH is 2. The maximum Gasteiger partial charge on any atom is 0.302 e. The van der Waals surface area contributed by atoms with Crippen LogP contribution in [0.3, 0.4) is 0 Å². The van der Waals surface area contributed by atoms with Crippen LogP contribution in [0.15, 0.2) is 0 Å². The van der Waals surface area contributed by atoms with Crippen molar-refractivity contribution in [1.29, 1.82) is 0 Å². The highest BCUT2D eigenvalue weighted by Crippen LogP contribution is 2.67. The number of carbonyl (C=O) groups excluding carboxylic acids is 2. The van der Waals surface area contributed by atoms with E-state index in [4.69, 9.17) is 9.47 Å². The number of fused-ring (bicyclic) bond motifs is 5. The molecule has 0 aromatic heterocycles. The average molecular weight is 409 g/mol. The first kappa shape index (κ1) is 21.1. The molecule has 10 atom stereocenters. The van der Waals surface area contributed by atoms with Gasteiger partial charge < -0.3 is 19.7 Å². The number of hydrogen-bond donors (Lipinski definition) is 2. The largest absolute Gasteiger partial charge is 0.462 e. The van der Waals surface area contributed by atoms with Crippen molar-refractivity contribution in [2.24, 2.45) is 34.5 Å². The number of esters is 2. The first-order chi connectivity index (χ1) is 13.6. The van der Waals surface area contributed by atoms with Crippen LogP contribution < -0.4 is 0 Å². The number of aliphatic hydroxyl groups is 2. The summed E-state index contributed by atoms with van der Waals surface area (Å²) in [5, 5.41) is 21.2. The number of carbonyl (C=O) groups is 2. The van der Waals surface area contributed by atoms with Gasteiger partial charge in [0.2, 0.25) is 0 Å². The molecule has 0 radical (unpaired) electrons. The Morgan fingerprint density at radius 1 is 0.897 bits per heavy atom. The third-order valence-corrected chi connectivity index (χ3v) is 9.28. The average Bonchev–Trinajstić information content (AvgIpc) is 2.92. The van der Waals surface area contributed by atoms with Crippen LogP contribution in [0.1, 0.15) is 72.6 Å². The molecule has 164 valence electrons. The molecule has 2 N–H and O–H groups in total. The Balaban J connectivity index is 1.76. The molecule has 4 saturated carbocycles. The minimum atomic E-state index is -0.519. The molecule has 0 aromatic rings. The molecule has 6 nitrogen and oxygen atoms in total. The van der Waals surface area contributed by atoms with E-state index in [-0.39, 0.29) is 59.3 Å². The fourth-order valence-corrected chi connectivity index (χ4v) is 7.82. The minimum Gasteiger partial charge on any atom is -0.462 e.